The van der Waals surface area contributed by atoms with E-state index in [9.17, 15) is 9.59 Å². The van der Waals surface area contributed by atoms with Crippen LogP contribution >= 0.6 is 0 Å². The standard InChI is InChI=1S/C11H19NO5/c1-3-16-6-4-10(13)12-5-7-17-9(8-12)11(14)15-2/h9H,3-8H2,1-2H3. The quantitative estimate of drug-likeness (QED) is 0.496. The summed E-state index contributed by atoms with van der Waals surface area (Å²) in [6.45, 7) is 4.03. The molecule has 1 heterocycles. The summed E-state index contributed by atoms with van der Waals surface area (Å²) in [5, 5.41) is 0. The Hall–Kier alpha value is -1.14. The van der Waals surface area contributed by atoms with Gasteiger partial charge in [-0.05, 0) is 6.92 Å². The highest BCUT2D eigenvalue weighted by molar-refractivity contribution is 5.79. The van der Waals surface area contributed by atoms with Crippen molar-refractivity contribution >= 4 is 11.9 Å². The first-order chi connectivity index (χ1) is 8.19. The van der Waals surface area contributed by atoms with E-state index in [1.54, 1.807) is 4.90 Å². The van der Waals surface area contributed by atoms with Crippen LogP contribution in [0.25, 0.3) is 0 Å². The number of hydrogen-bond acceptors (Lipinski definition) is 5. The molecular weight excluding hydrogens is 226 g/mol. The number of morpholine rings is 1. The van der Waals surface area contributed by atoms with Crippen LogP contribution in [-0.2, 0) is 23.8 Å². The third kappa shape index (κ3) is 4.32. The number of nitrogens with zero attached hydrogens (tertiary/aromatic N) is 1. The van der Waals surface area contributed by atoms with Crippen molar-refractivity contribution < 1.29 is 23.8 Å². The van der Waals surface area contributed by atoms with Gasteiger partial charge < -0.3 is 19.1 Å². The lowest BCUT2D eigenvalue weighted by Crippen LogP contribution is -2.49. The molecule has 1 rings (SSSR count). The van der Waals surface area contributed by atoms with Crippen molar-refractivity contribution in [3.8, 4) is 0 Å². The zero-order valence-electron chi connectivity index (χ0n) is 10.3. The van der Waals surface area contributed by atoms with E-state index in [0.29, 0.717) is 32.8 Å². The van der Waals surface area contributed by atoms with Gasteiger partial charge in [-0.2, -0.15) is 0 Å². The number of rotatable bonds is 5. The molecule has 98 valence electrons. The van der Waals surface area contributed by atoms with Crippen LogP contribution in [0.15, 0.2) is 0 Å². The van der Waals surface area contributed by atoms with Gasteiger partial charge in [0.25, 0.3) is 0 Å². The number of carbonyl (C=O) groups is 2. The Morgan fingerprint density at radius 2 is 2.24 bits per heavy atom. The van der Waals surface area contributed by atoms with E-state index in [0.717, 1.165) is 0 Å². The van der Waals surface area contributed by atoms with Crippen molar-refractivity contribution in [1.29, 1.82) is 0 Å². The summed E-state index contributed by atoms with van der Waals surface area (Å²) in [5.41, 5.74) is 0. The average molecular weight is 245 g/mol. The Labute approximate surface area is 101 Å². The summed E-state index contributed by atoms with van der Waals surface area (Å²) in [4.78, 5) is 24.7. The van der Waals surface area contributed by atoms with Crippen molar-refractivity contribution in [3.63, 3.8) is 0 Å². The summed E-state index contributed by atoms with van der Waals surface area (Å²) < 4.78 is 14.9. The Balaban J connectivity index is 2.37. The molecule has 0 spiro atoms. The highest BCUT2D eigenvalue weighted by Gasteiger charge is 2.29. The van der Waals surface area contributed by atoms with Gasteiger partial charge in [-0.1, -0.05) is 0 Å². The van der Waals surface area contributed by atoms with E-state index in [1.165, 1.54) is 7.11 Å². The predicted molar refractivity (Wildman–Crippen MR) is 59.4 cm³/mol. The summed E-state index contributed by atoms with van der Waals surface area (Å²) in [5.74, 6) is -0.456. The Kier molecular flexibility index (Phi) is 5.93. The molecule has 1 atom stereocenters. The molecule has 0 saturated carbocycles. The maximum Gasteiger partial charge on any atom is 0.336 e. The summed E-state index contributed by atoms with van der Waals surface area (Å²) in [6.07, 6.45) is -0.327. The minimum atomic E-state index is -0.662. The van der Waals surface area contributed by atoms with Crippen LogP contribution in [0.2, 0.25) is 0 Å². The molecule has 1 fully saturated rings. The molecule has 0 aromatic heterocycles. The molecule has 0 aromatic rings. The third-order valence-corrected chi connectivity index (χ3v) is 2.55. The highest BCUT2D eigenvalue weighted by atomic mass is 16.6. The van der Waals surface area contributed by atoms with Crippen LogP contribution in [0.4, 0.5) is 0 Å². The van der Waals surface area contributed by atoms with Gasteiger partial charge in [-0.3, -0.25) is 4.79 Å². The first-order valence-electron chi connectivity index (χ1n) is 5.74. The Morgan fingerprint density at radius 1 is 1.47 bits per heavy atom. The molecule has 6 heteroatoms. The first-order valence-corrected chi connectivity index (χ1v) is 5.74. The normalized spacial score (nSPS) is 20.1. The first kappa shape index (κ1) is 13.9. The van der Waals surface area contributed by atoms with Gasteiger partial charge in [0.15, 0.2) is 6.10 Å². The van der Waals surface area contributed by atoms with E-state index in [4.69, 9.17) is 9.47 Å². The molecule has 1 amide bonds. The Bertz CT molecular complexity index is 269. The number of esters is 1. The van der Waals surface area contributed by atoms with Gasteiger partial charge in [0.1, 0.15) is 0 Å². The molecule has 0 bridgehead atoms. The molecule has 17 heavy (non-hydrogen) atoms. The maximum atomic E-state index is 11.8. The van der Waals surface area contributed by atoms with Crippen molar-refractivity contribution in [3.05, 3.63) is 0 Å². The fraction of sp³-hybridized carbons (Fsp3) is 0.818. The monoisotopic (exact) mass is 245 g/mol. The molecule has 1 aliphatic rings. The largest absolute Gasteiger partial charge is 0.467 e. The molecule has 1 unspecified atom stereocenters. The van der Waals surface area contributed by atoms with Crippen molar-refractivity contribution in [2.75, 3.05) is 40.0 Å². The summed E-state index contributed by atoms with van der Waals surface area (Å²) in [7, 11) is 1.31. The van der Waals surface area contributed by atoms with Gasteiger partial charge in [-0.15, -0.1) is 0 Å². The van der Waals surface area contributed by atoms with Crippen LogP contribution in [0.1, 0.15) is 13.3 Å². The molecule has 6 nitrogen and oxygen atoms in total. The number of ether oxygens (including phenoxy) is 3. The molecule has 1 saturated heterocycles. The molecule has 0 aliphatic carbocycles. The van der Waals surface area contributed by atoms with Crippen LogP contribution in [0.5, 0.6) is 0 Å². The second-order valence-electron chi connectivity index (χ2n) is 3.67. The van der Waals surface area contributed by atoms with Gasteiger partial charge in [0.2, 0.25) is 5.91 Å². The van der Waals surface area contributed by atoms with Crippen LogP contribution in [-0.4, -0.2) is 62.9 Å². The fourth-order valence-corrected chi connectivity index (χ4v) is 1.61. The molecular formula is C11H19NO5. The second-order valence-corrected chi connectivity index (χ2v) is 3.67. The second kappa shape index (κ2) is 7.24. The minimum absolute atomic E-state index is 0.0179. The summed E-state index contributed by atoms with van der Waals surface area (Å²) in [6, 6.07) is 0. The van der Waals surface area contributed by atoms with E-state index in [2.05, 4.69) is 4.74 Å². The molecule has 0 N–H and O–H groups in total. The number of carbonyl (C=O) groups excluding carboxylic acids is 2. The fourth-order valence-electron chi connectivity index (χ4n) is 1.61. The van der Waals surface area contributed by atoms with E-state index >= 15 is 0 Å². The van der Waals surface area contributed by atoms with Crippen LogP contribution in [0, 0.1) is 0 Å². The van der Waals surface area contributed by atoms with Crippen LogP contribution in [0.3, 0.4) is 0 Å². The van der Waals surface area contributed by atoms with Crippen molar-refractivity contribution in [2.45, 2.75) is 19.4 Å². The molecule has 0 radical (unpaired) electrons. The van der Waals surface area contributed by atoms with E-state index in [1.807, 2.05) is 6.92 Å². The van der Waals surface area contributed by atoms with Crippen molar-refractivity contribution in [2.24, 2.45) is 0 Å². The van der Waals surface area contributed by atoms with Gasteiger partial charge >= 0.3 is 5.97 Å². The topological polar surface area (TPSA) is 65.1 Å². The number of hydrogen-bond donors (Lipinski definition) is 0. The predicted octanol–water partition coefficient (Wildman–Crippen LogP) is -0.187. The average Bonchev–Trinajstić information content (AvgIpc) is 2.38. The number of amides is 1. The molecule has 0 aromatic carbocycles. The number of methoxy groups -OCH3 is 1. The SMILES string of the molecule is CCOCCC(=O)N1CCOC(C(=O)OC)C1. The van der Waals surface area contributed by atoms with Gasteiger partial charge in [-0.25, -0.2) is 4.79 Å². The smallest absolute Gasteiger partial charge is 0.336 e. The lowest BCUT2D eigenvalue weighted by Gasteiger charge is -2.31. The Morgan fingerprint density at radius 3 is 2.88 bits per heavy atom. The van der Waals surface area contributed by atoms with Gasteiger partial charge in [0.05, 0.1) is 33.3 Å². The highest BCUT2D eigenvalue weighted by Crippen LogP contribution is 2.08. The zero-order chi connectivity index (χ0) is 12.7. The van der Waals surface area contributed by atoms with E-state index < -0.39 is 12.1 Å². The lowest BCUT2D eigenvalue weighted by molar-refractivity contribution is -0.162. The zero-order valence-corrected chi connectivity index (χ0v) is 10.3. The van der Waals surface area contributed by atoms with Gasteiger partial charge in [0, 0.05) is 13.2 Å². The lowest BCUT2D eigenvalue weighted by atomic mass is 10.2. The maximum absolute atomic E-state index is 11.8. The summed E-state index contributed by atoms with van der Waals surface area (Å²) >= 11 is 0. The third-order valence-electron chi connectivity index (χ3n) is 2.55. The van der Waals surface area contributed by atoms with Crippen LogP contribution < -0.4 is 0 Å². The minimum Gasteiger partial charge on any atom is -0.467 e. The van der Waals surface area contributed by atoms with Crippen molar-refractivity contribution in [1.82, 2.24) is 4.90 Å². The molecule has 1 aliphatic heterocycles. The van der Waals surface area contributed by atoms with E-state index in [-0.39, 0.29) is 12.5 Å².